The van der Waals surface area contributed by atoms with Crippen LogP contribution < -0.4 is 10.6 Å². The molecule has 0 bridgehead atoms. The van der Waals surface area contributed by atoms with Crippen molar-refractivity contribution in [2.75, 3.05) is 0 Å². The van der Waals surface area contributed by atoms with Crippen molar-refractivity contribution >= 4 is 29.4 Å². The molecule has 5 aromatic rings. The lowest BCUT2D eigenvalue weighted by atomic mass is 10.0. The number of urea groups is 1. The number of benzene rings is 4. The molecule has 6 nitrogen and oxygen atoms in total. The van der Waals surface area contributed by atoms with Crippen LogP contribution in [0.3, 0.4) is 0 Å². The van der Waals surface area contributed by atoms with Crippen LogP contribution in [0.2, 0.25) is 5.02 Å². The van der Waals surface area contributed by atoms with Crippen LogP contribution in [-0.4, -0.2) is 20.8 Å². The van der Waals surface area contributed by atoms with Gasteiger partial charge in [-0.2, -0.15) is 0 Å². The molecule has 208 valence electrons. The van der Waals surface area contributed by atoms with Crippen LogP contribution in [0, 0.1) is 12.7 Å². The number of hydrogen-bond donors (Lipinski definition) is 2. The number of nitrogens with one attached hydrogen (secondary N) is 2. The molecule has 9 heteroatoms. The van der Waals surface area contributed by atoms with E-state index in [1.165, 1.54) is 23.9 Å². The number of rotatable bonds is 10. The fourth-order valence-electron chi connectivity index (χ4n) is 4.42. The number of nitrogens with zero attached hydrogens (tertiary/aromatic N) is 3. The largest absolute Gasteiger partial charge is 0.334 e. The van der Waals surface area contributed by atoms with Gasteiger partial charge in [-0.3, -0.25) is 4.57 Å². The molecule has 1 aromatic heterocycles. The van der Waals surface area contributed by atoms with Crippen molar-refractivity contribution < 1.29 is 9.18 Å². The maximum atomic E-state index is 13.5. The molecule has 0 radical (unpaired) electrons. The van der Waals surface area contributed by atoms with Crippen molar-refractivity contribution in [3.05, 3.63) is 142 Å². The Hall–Kier alpha value is -4.14. The molecule has 0 saturated heterocycles. The number of amides is 2. The standard InChI is InChI=1S/C32H29ClFN5OS/c1-22-12-15-26(33)19-29(22)39-30(37-38-32(39)41-21-25-13-16-27(34)17-14-25)28(18-23-8-4-2-5-9-23)36-31(40)35-20-24-10-6-3-7-11-24/h2-17,19,28H,18,20-21H2,1H3,(H2,35,36,40). The SMILES string of the molecule is Cc1ccc(Cl)cc1-n1c(SCc2ccc(F)cc2)nnc1C(Cc1ccccc1)NC(=O)NCc1ccccc1. The summed E-state index contributed by atoms with van der Waals surface area (Å²) in [5.41, 5.74) is 4.79. The van der Waals surface area contributed by atoms with Crippen LogP contribution in [0.4, 0.5) is 9.18 Å². The van der Waals surface area contributed by atoms with E-state index in [0.29, 0.717) is 34.7 Å². The quantitative estimate of drug-likeness (QED) is 0.167. The summed E-state index contributed by atoms with van der Waals surface area (Å²) in [7, 11) is 0. The van der Waals surface area contributed by atoms with Gasteiger partial charge in [-0.05, 0) is 53.4 Å². The third-order valence-electron chi connectivity index (χ3n) is 6.55. The van der Waals surface area contributed by atoms with E-state index < -0.39 is 6.04 Å². The minimum atomic E-state index is -0.501. The fraction of sp³-hybridized carbons (Fsp3) is 0.156. The van der Waals surface area contributed by atoms with Crippen LogP contribution in [0.5, 0.6) is 0 Å². The predicted octanol–water partition coefficient (Wildman–Crippen LogP) is 7.44. The minimum absolute atomic E-state index is 0.279. The van der Waals surface area contributed by atoms with Gasteiger partial charge in [-0.1, -0.05) is 102 Å². The second-order valence-corrected chi connectivity index (χ2v) is 11.0. The Labute approximate surface area is 248 Å². The molecule has 0 spiro atoms. The lowest BCUT2D eigenvalue weighted by molar-refractivity contribution is 0.236. The third kappa shape index (κ3) is 7.54. The molecule has 4 aromatic carbocycles. The molecule has 0 aliphatic heterocycles. The first-order valence-electron chi connectivity index (χ1n) is 13.2. The van der Waals surface area contributed by atoms with Crippen LogP contribution >= 0.6 is 23.4 Å². The monoisotopic (exact) mass is 585 g/mol. The summed E-state index contributed by atoms with van der Waals surface area (Å²) in [6.07, 6.45) is 0.500. The number of halogens is 2. The van der Waals surface area contributed by atoms with E-state index in [2.05, 4.69) is 20.8 Å². The number of carbonyl (C=O) groups is 1. The molecule has 2 N–H and O–H groups in total. The molecule has 1 heterocycles. The summed E-state index contributed by atoms with van der Waals surface area (Å²) >= 11 is 7.92. The number of aromatic nitrogens is 3. The maximum Gasteiger partial charge on any atom is 0.315 e. The summed E-state index contributed by atoms with van der Waals surface area (Å²) in [5.74, 6) is 0.863. The van der Waals surface area contributed by atoms with E-state index in [-0.39, 0.29) is 11.8 Å². The van der Waals surface area contributed by atoms with E-state index in [9.17, 15) is 9.18 Å². The average Bonchev–Trinajstić information content (AvgIpc) is 3.41. The Balaban J connectivity index is 1.49. The molecule has 0 aliphatic rings. The summed E-state index contributed by atoms with van der Waals surface area (Å²) in [6, 6.07) is 30.9. The van der Waals surface area contributed by atoms with Gasteiger partial charge in [0.15, 0.2) is 11.0 Å². The van der Waals surface area contributed by atoms with Gasteiger partial charge in [-0.15, -0.1) is 10.2 Å². The number of carbonyl (C=O) groups excluding carboxylic acids is 1. The Morgan fingerprint density at radius 1 is 0.902 bits per heavy atom. The van der Waals surface area contributed by atoms with Gasteiger partial charge >= 0.3 is 6.03 Å². The molecule has 0 fully saturated rings. The highest BCUT2D eigenvalue weighted by Gasteiger charge is 2.26. The highest BCUT2D eigenvalue weighted by Crippen LogP contribution is 2.31. The van der Waals surface area contributed by atoms with Crippen molar-refractivity contribution in [2.45, 2.75) is 36.8 Å². The Bertz CT molecular complexity index is 1600. The lowest BCUT2D eigenvalue weighted by Crippen LogP contribution is -2.39. The van der Waals surface area contributed by atoms with E-state index in [0.717, 1.165) is 27.9 Å². The van der Waals surface area contributed by atoms with E-state index in [4.69, 9.17) is 11.6 Å². The van der Waals surface area contributed by atoms with Gasteiger partial charge in [0.05, 0.1) is 11.7 Å². The zero-order valence-electron chi connectivity index (χ0n) is 22.4. The average molecular weight is 586 g/mol. The lowest BCUT2D eigenvalue weighted by Gasteiger charge is -2.21. The molecule has 0 aliphatic carbocycles. The Morgan fingerprint density at radius 2 is 1.59 bits per heavy atom. The highest BCUT2D eigenvalue weighted by molar-refractivity contribution is 7.98. The first kappa shape index (κ1) is 28.4. The van der Waals surface area contributed by atoms with Crippen molar-refractivity contribution in [3.63, 3.8) is 0 Å². The van der Waals surface area contributed by atoms with Crippen LogP contribution in [0.15, 0.2) is 108 Å². The summed E-state index contributed by atoms with van der Waals surface area (Å²) in [5, 5.41) is 16.5. The molecule has 1 unspecified atom stereocenters. The first-order chi connectivity index (χ1) is 20.0. The third-order valence-corrected chi connectivity index (χ3v) is 7.78. The second kappa shape index (κ2) is 13.5. The van der Waals surface area contributed by atoms with Crippen molar-refractivity contribution in [1.82, 2.24) is 25.4 Å². The smallest absolute Gasteiger partial charge is 0.315 e. The normalized spacial score (nSPS) is 11.7. The van der Waals surface area contributed by atoms with Crippen LogP contribution in [-0.2, 0) is 18.7 Å². The van der Waals surface area contributed by atoms with E-state index in [1.54, 1.807) is 12.1 Å². The van der Waals surface area contributed by atoms with Crippen LogP contribution in [0.25, 0.3) is 5.69 Å². The van der Waals surface area contributed by atoms with Crippen molar-refractivity contribution in [1.29, 1.82) is 0 Å². The molecule has 1 atom stereocenters. The molecular formula is C32H29ClFN5OS. The maximum absolute atomic E-state index is 13.5. The summed E-state index contributed by atoms with van der Waals surface area (Å²) in [4.78, 5) is 13.2. The number of aryl methyl sites for hydroxylation is 1. The predicted molar refractivity (Wildman–Crippen MR) is 162 cm³/mol. The van der Waals surface area contributed by atoms with Gasteiger partial charge in [0.1, 0.15) is 5.82 Å². The number of thioether (sulfide) groups is 1. The van der Waals surface area contributed by atoms with Gasteiger partial charge in [0.25, 0.3) is 0 Å². The second-order valence-electron chi connectivity index (χ2n) is 9.58. The topological polar surface area (TPSA) is 71.8 Å². The van der Waals surface area contributed by atoms with Crippen molar-refractivity contribution in [3.8, 4) is 5.69 Å². The highest BCUT2D eigenvalue weighted by atomic mass is 35.5. The van der Waals surface area contributed by atoms with Gasteiger partial charge in [0, 0.05) is 23.7 Å². The molecule has 5 rings (SSSR count). The minimum Gasteiger partial charge on any atom is -0.334 e. The molecular weight excluding hydrogens is 557 g/mol. The van der Waals surface area contributed by atoms with Gasteiger partial charge in [-0.25, -0.2) is 9.18 Å². The molecule has 2 amide bonds. The first-order valence-corrected chi connectivity index (χ1v) is 14.5. The van der Waals surface area contributed by atoms with Gasteiger partial charge < -0.3 is 10.6 Å². The number of hydrogen-bond acceptors (Lipinski definition) is 4. The fourth-order valence-corrected chi connectivity index (χ4v) is 5.50. The molecule has 0 saturated carbocycles. The zero-order chi connectivity index (χ0) is 28.6. The van der Waals surface area contributed by atoms with Crippen molar-refractivity contribution in [2.24, 2.45) is 0 Å². The summed E-state index contributed by atoms with van der Waals surface area (Å²) in [6.45, 7) is 2.39. The Morgan fingerprint density at radius 3 is 2.29 bits per heavy atom. The Kier molecular flexibility index (Phi) is 9.33. The summed E-state index contributed by atoms with van der Waals surface area (Å²) < 4.78 is 15.4. The van der Waals surface area contributed by atoms with Gasteiger partial charge in [0.2, 0.25) is 0 Å². The van der Waals surface area contributed by atoms with E-state index >= 15 is 0 Å². The van der Waals surface area contributed by atoms with E-state index in [1.807, 2.05) is 90.4 Å². The molecule has 41 heavy (non-hydrogen) atoms. The van der Waals surface area contributed by atoms with Crippen LogP contribution in [0.1, 0.15) is 34.1 Å². The zero-order valence-corrected chi connectivity index (χ0v) is 24.0.